The fraction of sp³-hybridized carbons (Fsp3) is 0.457. The van der Waals surface area contributed by atoms with Crippen LogP contribution in [0.25, 0.3) is 0 Å². The standard InChI is InChI=1S/C35H38F3N7O3/c36-35(37,38)26-18-39-34(40-19-26)41-27-11-15-44(16-12-27)28-4-1-22(2-5-28)20-43-13-9-23(10-14-43)24-3-6-29-25(17-24)21-45(33(29)48)30-7-8-31(46)42-32(30)47/h1-6,17-19,23,27,30H,7-16,20-21H2,(H,39,40,41)(H,42,46,47). The number of hydrogen-bond donors (Lipinski definition) is 2. The number of nitrogens with one attached hydrogen (secondary N) is 2. The summed E-state index contributed by atoms with van der Waals surface area (Å²) >= 11 is 0. The Morgan fingerprint density at radius 2 is 1.58 bits per heavy atom. The molecule has 0 saturated carbocycles. The molecule has 3 amide bonds. The number of piperidine rings is 3. The second-order valence-electron chi connectivity index (χ2n) is 13.2. The van der Waals surface area contributed by atoms with Crippen molar-refractivity contribution in [1.82, 2.24) is 25.1 Å². The van der Waals surface area contributed by atoms with E-state index < -0.39 is 17.8 Å². The van der Waals surface area contributed by atoms with Gasteiger partial charge in [-0.2, -0.15) is 13.2 Å². The van der Waals surface area contributed by atoms with Crippen molar-refractivity contribution in [3.05, 3.63) is 82.7 Å². The Morgan fingerprint density at radius 1 is 0.875 bits per heavy atom. The average molecular weight is 662 g/mol. The minimum absolute atomic E-state index is 0.104. The highest BCUT2D eigenvalue weighted by molar-refractivity contribution is 6.05. The first-order chi connectivity index (χ1) is 23.1. The molecular weight excluding hydrogens is 623 g/mol. The predicted octanol–water partition coefficient (Wildman–Crippen LogP) is 4.72. The van der Waals surface area contributed by atoms with Crippen LogP contribution in [0.4, 0.5) is 24.8 Å². The largest absolute Gasteiger partial charge is 0.419 e. The quantitative estimate of drug-likeness (QED) is 0.351. The Balaban J connectivity index is 0.867. The van der Waals surface area contributed by atoms with Crippen molar-refractivity contribution < 1.29 is 27.6 Å². The second-order valence-corrected chi connectivity index (χ2v) is 13.2. The highest BCUT2D eigenvalue weighted by Gasteiger charge is 2.39. The molecule has 0 aliphatic carbocycles. The number of carbonyl (C=O) groups is 3. The van der Waals surface area contributed by atoms with Crippen LogP contribution in [0.5, 0.6) is 0 Å². The van der Waals surface area contributed by atoms with E-state index in [1.807, 2.05) is 6.07 Å². The lowest BCUT2D eigenvalue weighted by Gasteiger charge is -2.34. The number of benzene rings is 2. The maximum absolute atomic E-state index is 13.1. The number of rotatable bonds is 7. The number of alkyl halides is 3. The molecule has 48 heavy (non-hydrogen) atoms. The molecule has 252 valence electrons. The van der Waals surface area contributed by atoms with Gasteiger partial charge in [-0.1, -0.05) is 24.3 Å². The molecule has 0 bridgehead atoms. The van der Waals surface area contributed by atoms with Crippen LogP contribution in [0.15, 0.2) is 54.9 Å². The number of halogens is 3. The van der Waals surface area contributed by atoms with Crippen molar-refractivity contribution in [2.75, 3.05) is 36.4 Å². The molecule has 2 aromatic carbocycles. The number of nitrogens with zero attached hydrogens (tertiary/aromatic N) is 5. The van der Waals surface area contributed by atoms with Crippen molar-refractivity contribution in [2.24, 2.45) is 0 Å². The lowest BCUT2D eigenvalue weighted by Crippen LogP contribution is -2.52. The number of anilines is 2. The lowest BCUT2D eigenvalue weighted by atomic mass is 9.87. The summed E-state index contributed by atoms with van der Waals surface area (Å²) in [5.41, 5.74) is 4.41. The zero-order valence-corrected chi connectivity index (χ0v) is 26.5. The van der Waals surface area contributed by atoms with Gasteiger partial charge in [-0.15, -0.1) is 0 Å². The van der Waals surface area contributed by atoms with Gasteiger partial charge < -0.3 is 15.1 Å². The van der Waals surface area contributed by atoms with E-state index in [2.05, 4.69) is 66.8 Å². The molecule has 5 heterocycles. The van der Waals surface area contributed by atoms with Gasteiger partial charge in [-0.05, 0) is 86.0 Å². The first kappa shape index (κ1) is 32.0. The first-order valence-corrected chi connectivity index (χ1v) is 16.6. The summed E-state index contributed by atoms with van der Waals surface area (Å²) in [6, 6.07) is 14.3. The predicted molar refractivity (Wildman–Crippen MR) is 172 cm³/mol. The molecule has 0 radical (unpaired) electrons. The van der Waals surface area contributed by atoms with Gasteiger partial charge in [0.05, 0.1) is 5.56 Å². The molecule has 1 atom stereocenters. The van der Waals surface area contributed by atoms with E-state index >= 15 is 0 Å². The fourth-order valence-electron chi connectivity index (χ4n) is 7.36. The van der Waals surface area contributed by atoms with E-state index in [1.165, 1.54) is 11.1 Å². The van der Waals surface area contributed by atoms with Crippen molar-refractivity contribution in [1.29, 1.82) is 0 Å². The fourth-order valence-corrected chi connectivity index (χ4v) is 7.36. The Hall–Kier alpha value is -4.52. The lowest BCUT2D eigenvalue weighted by molar-refractivity contribution is -0.138. The zero-order chi connectivity index (χ0) is 33.4. The smallest absolute Gasteiger partial charge is 0.371 e. The topological polar surface area (TPSA) is 111 Å². The van der Waals surface area contributed by atoms with Gasteiger partial charge in [0.25, 0.3) is 5.91 Å². The maximum Gasteiger partial charge on any atom is 0.419 e. The Kier molecular flexibility index (Phi) is 8.80. The molecule has 3 saturated heterocycles. The van der Waals surface area contributed by atoms with Crippen LogP contribution in [0, 0.1) is 0 Å². The molecular formula is C35H38F3N7O3. The number of aromatic nitrogens is 2. The van der Waals surface area contributed by atoms with Crippen molar-refractivity contribution in [3.63, 3.8) is 0 Å². The van der Waals surface area contributed by atoms with Crippen LogP contribution in [-0.4, -0.2) is 75.8 Å². The first-order valence-electron chi connectivity index (χ1n) is 16.6. The minimum Gasteiger partial charge on any atom is -0.371 e. The molecule has 2 N–H and O–H groups in total. The highest BCUT2D eigenvalue weighted by atomic mass is 19.4. The van der Waals surface area contributed by atoms with Gasteiger partial charge in [-0.3, -0.25) is 24.6 Å². The van der Waals surface area contributed by atoms with Crippen LogP contribution in [0.3, 0.4) is 0 Å². The zero-order valence-electron chi connectivity index (χ0n) is 26.5. The summed E-state index contributed by atoms with van der Waals surface area (Å²) in [5, 5.41) is 5.53. The molecule has 7 rings (SSSR count). The molecule has 3 fully saturated rings. The summed E-state index contributed by atoms with van der Waals surface area (Å²) in [5.74, 6) is -0.179. The van der Waals surface area contributed by atoms with Crippen molar-refractivity contribution in [3.8, 4) is 0 Å². The number of hydrogen-bond acceptors (Lipinski definition) is 8. The summed E-state index contributed by atoms with van der Waals surface area (Å²) in [7, 11) is 0. The molecule has 3 aromatic rings. The Labute approximate surface area is 276 Å². The second kappa shape index (κ2) is 13.2. The number of amides is 3. The van der Waals surface area contributed by atoms with Crippen LogP contribution >= 0.6 is 0 Å². The van der Waals surface area contributed by atoms with E-state index in [-0.39, 0.29) is 36.1 Å². The molecule has 4 aliphatic heterocycles. The SMILES string of the molecule is O=C1CCC(N2Cc3cc(C4CCN(Cc5ccc(N6CCC(Nc7ncc(C(F)(F)F)cn7)CC6)cc5)CC4)ccc3C2=O)C(=O)N1. The van der Waals surface area contributed by atoms with Crippen molar-refractivity contribution in [2.45, 2.75) is 75.8 Å². The normalized spacial score (nSPS) is 21.4. The van der Waals surface area contributed by atoms with E-state index in [0.717, 1.165) is 82.1 Å². The van der Waals surface area contributed by atoms with Crippen LogP contribution in [-0.2, 0) is 28.9 Å². The third kappa shape index (κ3) is 6.87. The van der Waals surface area contributed by atoms with Gasteiger partial charge in [0.2, 0.25) is 17.8 Å². The van der Waals surface area contributed by atoms with Crippen molar-refractivity contribution >= 4 is 29.4 Å². The van der Waals surface area contributed by atoms with Gasteiger partial charge in [0.15, 0.2) is 0 Å². The maximum atomic E-state index is 13.1. The molecule has 13 heteroatoms. The van der Waals surface area contributed by atoms with E-state index in [4.69, 9.17) is 0 Å². The highest BCUT2D eigenvalue weighted by Crippen LogP contribution is 2.34. The molecule has 1 unspecified atom stereocenters. The summed E-state index contributed by atoms with van der Waals surface area (Å²) < 4.78 is 38.3. The number of likely N-dealkylation sites (tertiary alicyclic amines) is 1. The van der Waals surface area contributed by atoms with E-state index in [9.17, 15) is 27.6 Å². The Morgan fingerprint density at radius 3 is 2.25 bits per heavy atom. The molecule has 4 aliphatic rings. The van der Waals surface area contributed by atoms with Gasteiger partial charge in [0.1, 0.15) is 6.04 Å². The third-order valence-electron chi connectivity index (χ3n) is 10.1. The van der Waals surface area contributed by atoms with Gasteiger partial charge >= 0.3 is 6.18 Å². The van der Waals surface area contributed by atoms with E-state index in [0.29, 0.717) is 24.4 Å². The average Bonchev–Trinajstić information content (AvgIpc) is 3.40. The number of carbonyl (C=O) groups excluding carboxylic acids is 3. The third-order valence-corrected chi connectivity index (χ3v) is 10.1. The van der Waals surface area contributed by atoms with Gasteiger partial charge in [0, 0.05) is 62.3 Å². The van der Waals surface area contributed by atoms with E-state index in [1.54, 1.807) is 4.90 Å². The Bertz CT molecular complexity index is 1670. The van der Waals surface area contributed by atoms with Gasteiger partial charge in [-0.25, -0.2) is 9.97 Å². The van der Waals surface area contributed by atoms with Crippen LogP contribution in [0.2, 0.25) is 0 Å². The van der Waals surface area contributed by atoms with Crippen LogP contribution in [0.1, 0.15) is 77.1 Å². The summed E-state index contributed by atoms with van der Waals surface area (Å²) in [6.07, 6.45) is 1.52. The summed E-state index contributed by atoms with van der Waals surface area (Å²) in [6.45, 7) is 4.90. The molecule has 1 aromatic heterocycles. The monoisotopic (exact) mass is 661 g/mol. The van der Waals surface area contributed by atoms with Crippen LogP contribution < -0.4 is 15.5 Å². The summed E-state index contributed by atoms with van der Waals surface area (Å²) in [4.78, 5) is 51.1. The number of fused-ring (bicyclic) bond motifs is 1. The molecule has 10 nitrogen and oxygen atoms in total. The molecule has 0 spiro atoms. The number of imide groups is 1. The minimum atomic E-state index is -4.45.